The van der Waals surface area contributed by atoms with Gasteiger partial charge in [0, 0.05) is 11.0 Å². The highest BCUT2D eigenvalue weighted by Crippen LogP contribution is 2.27. The number of hydrogen-bond acceptors (Lipinski definition) is 3. The number of aliphatic hydroxyl groups excluding tert-OH is 1. The lowest BCUT2D eigenvalue weighted by atomic mass is 9.81. The van der Waals surface area contributed by atoms with Crippen molar-refractivity contribution in [2.45, 2.75) is 39.2 Å². The number of sulfonamides is 1. The molecule has 0 atom stereocenters. The molecule has 4 nitrogen and oxygen atoms in total. The van der Waals surface area contributed by atoms with Gasteiger partial charge in [0.25, 0.3) is 0 Å². The fourth-order valence-electron chi connectivity index (χ4n) is 1.42. The fourth-order valence-corrected chi connectivity index (χ4v) is 3.77. The van der Waals surface area contributed by atoms with E-state index in [0.29, 0.717) is 22.5 Å². The lowest BCUT2D eigenvalue weighted by Gasteiger charge is -2.29. The second-order valence-electron chi connectivity index (χ2n) is 5.89. The van der Waals surface area contributed by atoms with Crippen molar-refractivity contribution in [3.63, 3.8) is 0 Å². The third-order valence-electron chi connectivity index (χ3n) is 3.75. The minimum Gasteiger partial charge on any atom is -0.392 e. The fraction of sp³-hybridized carbons (Fsp3) is 0.571. The van der Waals surface area contributed by atoms with Crippen molar-refractivity contribution in [2.75, 3.05) is 6.54 Å². The molecule has 0 aliphatic heterocycles. The first-order valence-corrected chi connectivity index (χ1v) is 8.77. The molecule has 0 radical (unpaired) electrons. The molecule has 0 amide bonds. The Hall–Kier alpha value is -0.430. The molecule has 0 aliphatic rings. The summed E-state index contributed by atoms with van der Waals surface area (Å²) in [6, 6.07) is 4.72. The first kappa shape index (κ1) is 17.6. The largest absolute Gasteiger partial charge is 0.392 e. The molecule has 1 rings (SSSR count). The van der Waals surface area contributed by atoms with Crippen LogP contribution < -0.4 is 4.72 Å². The molecule has 114 valence electrons. The molecular formula is C14H22BrNO3S. The Morgan fingerprint density at radius 3 is 2.40 bits per heavy atom. The molecule has 6 heteroatoms. The zero-order valence-corrected chi connectivity index (χ0v) is 14.7. The average molecular weight is 364 g/mol. The molecule has 0 saturated carbocycles. The van der Waals surface area contributed by atoms with E-state index in [1.54, 1.807) is 12.1 Å². The van der Waals surface area contributed by atoms with Gasteiger partial charge in [0.2, 0.25) is 10.0 Å². The summed E-state index contributed by atoms with van der Waals surface area (Å²) >= 11 is 3.24. The molecule has 0 heterocycles. The first-order valence-electron chi connectivity index (χ1n) is 6.49. The predicted molar refractivity (Wildman–Crippen MR) is 83.9 cm³/mol. The van der Waals surface area contributed by atoms with Crippen LogP contribution >= 0.6 is 15.9 Å². The number of benzene rings is 1. The highest BCUT2D eigenvalue weighted by atomic mass is 79.9. The molecule has 0 aliphatic carbocycles. The molecule has 0 fully saturated rings. The predicted octanol–water partition coefficient (Wildman–Crippen LogP) is 2.90. The van der Waals surface area contributed by atoms with Crippen LogP contribution in [0.4, 0.5) is 0 Å². The maximum Gasteiger partial charge on any atom is 0.241 e. The first-order chi connectivity index (χ1) is 9.10. The normalized spacial score (nSPS) is 12.9. The van der Waals surface area contributed by atoms with Crippen molar-refractivity contribution in [1.82, 2.24) is 4.72 Å². The minimum atomic E-state index is -3.56. The molecule has 0 spiro atoms. The molecule has 0 saturated heterocycles. The molecule has 1 aromatic rings. The van der Waals surface area contributed by atoms with E-state index >= 15 is 0 Å². The number of halogens is 1. The van der Waals surface area contributed by atoms with E-state index in [-0.39, 0.29) is 16.9 Å². The van der Waals surface area contributed by atoms with Gasteiger partial charge >= 0.3 is 0 Å². The van der Waals surface area contributed by atoms with Gasteiger partial charge in [-0.3, -0.25) is 0 Å². The Morgan fingerprint density at radius 2 is 1.95 bits per heavy atom. The maximum atomic E-state index is 12.3. The molecule has 2 N–H and O–H groups in total. The maximum absolute atomic E-state index is 12.3. The van der Waals surface area contributed by atoms with Gasteiger partial charge in [-0.05, 0) is 45.0 Å². The Balaban J connectivity index is 2.95. The van der Waals surface area contributed by atoms with Crippen molar-refractivity contribution in [3.8, 4) is 0 Å². The lowest BCUT2D eigenvalue weighted by Crippen LogP contribution is -2.37. The smallest absolute Gasteiger partial charge is 0.241 e. The van der Waals surface area contributed by atoms with Crippen LogP contribution in [0, 0.1) is 11.3 Å². The summed E-state index contributed by atoms with van der Waals surface area (Å²) in [5.41, 5.74) is 0.545. The quantitative estimate of drug-likeness (QED) is 0.816. The van der Waals surface area contributed by atoms with Crippen LogP contribution in [0.2, 0.25) is 0 Å². The molecule has 0 bridgehead atoms. The van der Waals surface area contributed by atoms with Gasteiger partial charge in [0.05, 0.1) is 11.5 Å². The molecule has 0 unspecified atom stereocenters. The second kappa shape index (κ2) is 6.56. The van der Waals surface area contributed by atoms with E-state index in [0.717, 1.165) is 0 Å². The summed E-state index contributed by atoms with van der Waals surface area (Å²) in [6.07, 6.45) is 0. The zero-order chi connectivity index (χ0) is 15.6. The Labute approximate surface area is 129 Å². The standard InChI is InChI=1S/C14H22BrNO3S/c1-10(2)14(3,4)9-16-20(18,19)13-6-5-11(8-17)7-12(13)15/h5-7,10,16-17H,8-9H2,1-4H3. The highest BCUT2D eigenvalue weighted by molar-refractivity contribution is 9.10. The molecule has 1 aromatic carbocycles. The van der Waals surface area contributed by atoms with Gasteiger partial charge in [0.1, 0.15) is 0 Å². The summed E-state index contributed by atoms with van der Waals surface area (Å²) in [6.45, 7) is 8.46. The summed E-state index contributed by atoms with van der Waals surface area (Å²) in [5, 5.41) is 9.04. The van der Waals surface area contributed by atoms with Crippen molar-refractivity contribution >= 4 is 26.0 Å². The van der Waals surface area contributed by atoms with Gasteiger partial charge in [-0.15, -0.1) is 0 Å². The van der Waals surface area contributed by atoms with Gasteiger partial charge in [-0.25, -0.2) is 13.1 Å². The third kappa shape index (κ3) is 4.28. The van der Waals surface area contributed by atoms with Gasteiger partial charge in [-0.1, -0.05) is 33.8 Å². The highest BCUT2D eigenvalue weighted by Gasteiger charge is 2.26. The van der Waals surface area contributed by atoms with Crippen LogP contribution in [0.15, 0.2) is 27.6 Å². The van der Waals surface area contributed by atoms with Crippen molar-refractivity contribution in [3.05, 3.63) is 28.2 Å². The summed E-state index contributed by atoms with van der Waals surface area (Å²) < 4.78 is 27.7. The van der Waals surface area contributed by atoms with E-state index in [1.807, 2.05) is 13.8 Å². The Morgan fingerprint density at radius 1 is 1.35 bits per heavy atom. The van der Waals surface area contributed by atoms with E-state index in [2.05, 4.69) is 34.5 Å². The van der Waals surface area contributed by atoms with Crippen LogP contribution in [0.25, 0.3) is 0 Å². The molecular weight excluding hydrogens is 342 g/mol. The minimum absolute atomic E-state index is 0.118. The summed E-state index contributed by atoms with van der Waals surface area (Å²) in [4.78, 5) is 0.189. The van der Waals surface area contributed by atoms with Gasteiger partial charge in [0.15, 0.2) is 0 Å². The van der Waals surface area contributed by atoms with Crippen molar-refractivity contribution < 1.29 is 13.5 Å². The van der Waals surface area contributed by atoms with Crippen LogP contribution in [-0.2, 0) is 16.6 Å². The third-order valence-corrected chi connectivity index (χ3v) is 6.13. The van der Waals surface area contributed by atoms with Gasteiger partial charge in [-0.2, -0.15) is 0 Å². The molecule has 20 heavy (non-hydrogen) atoms. The van der Waals surface area contributed by atoms with E-state index in [9.17, 15) is 8.42 Å². The topological polar surface area (TPSA) is 66.4 Å². The van der Waals surface area contributed by atoms with E-state index < -0.39 is 10.0 Å². The Kier molecular flexibility index (Phi) is 5.78. The Bertz CT molecular complexity index is 568. The number of rotatable bonds is 6. The van der Waals surface area contributed by atoms with Crippen LogP contribution in [0.1, 0.15) is 33.3 Å². The summed E-state index contributed by atoms with van der Waals surface area (Å²) in [5.74, 6) is 0.366. The molecule has 0 aromatic heterocycles. The monoisotopic (exact) mass is 363 g/mol. The zero-order valence-electron chi connectivity index (χ0n) is 12.3. The average Bonchev–Trinajstić information content (AvgIpc) is 2.36. The number of hydrogen-bond donors (Lipinski definition) is 2. The van der Waals surface area contributed by atoms with Crippen LogP contribution in [-0.4, -0.2) is 20.1 Å². The number of aliphatic hydroxyl groups is 1. The van der Waals surface area contributed by atoms with Gasteiger partial charge < -0.3 is 5.11 Å². The van der Waals surface area contributed by atoms with Crippen LogP contribution in [0.5, 0.6) is 0 Å². The van der Waals surface area contributed by atoms with E-state index in [1.165, 1.54) is 6.07 Å². The second-order valence-corrected chi connectivity index (χ2v) is 8.48. The van der Waals surface area contributed by atoms with E-state index in [4.69, 9.17) is 5.11 Å². The van der Waals surface area contributed by atoms with Crippen LogP contribution in [0.3, 0.4) is 0 Å². The SMILES string of the molecule is CC(C)C(C)(C)CNS(=O)(=O)c1ccc(CO)cc1Br. The summed E-state index contributed by atoms with van der Waals surface area (Å²) in [7, 11) is -3.56. The van der Waals surface area contributed by atoms with Crippen molar-refractivity contribution in [1.29, 1.82) is 0 Å². The lowest BCUT2D eigenvalue weighted by molar-refractivity contribution is 0.252. The van der Waals surface area contributed by atoms with Crippen molar-refractivity contribution in [2.24, 2.45) is 11.3 Å². The number of nitrogens with one attached hydrogen (secondary N) is 1.